The van der Waals surface area contributed by atoms with Gasteiger partial charge < -0.3 is 5.32 Å². The van der Waals surface area contributed by atoms with E-state index >= 15 is 0 Å². The maximum atomic E-state index is 11.3. The third-order valence-corrected chi connectivity index (χ3v) is 3.82. The van der Waals surface area contributed by atoms with Gasteiger partial charge in [-0.05, 0) is 77.4 Å². The van der Waals surface area contributed by atoms with Gasteiger partial charge in [0.05, 0.1) is 0 Å². The Balaban J connectivity index is 2.56. The zero-order valence-corrected chi connectivity index (χ0v) is 13.4. The van der Waals surface area contributed by atoms with Gasteiger partial charge in [0.1, 0.15) is 0 Å². The third-order valence-electron chi connectivity index (χ3n) is 3.10. The van der Waals surface area contributed by atoms with Crippen molar-refractivity contribution in [3.05, 3.63) is 51.1 Å². The molecule has 0 bridgehead atoms. The molecule has 0 spiro atoms. The van der Waals surface area contributed by atoms with E-state index in [4.69, 9.17) is 0 Å². The second kappa shape index (κ2) is 5.74. The first-order valence-electron chi connectivity index (χ1n) is 6.12. The summed E-state index contributed by atoms with van der Waals surface area (Å²) in [7, 11) is 0. The van der Waals surface area contributed by atoms with E-state index in [2.05, 4.69) is 72.1 Å². The van der Waals surface area contributed by atoms with Crippen molar-refractivity contribution in [2.24, 2.45) is 0 Å². The molecule has 1 N–H and O–H groups in total. The van der Waals surface area contributed by atoms with E-state index in [-0.39, 0.29) is 5.91 Å². The molecule has 0 atom stereocenters. The average molecular weight is 365 g/mol. The van der Waals surface area contributed by atoms with Gasteiger partial charge in [0.15, 0.2) is 0 Å². The van der Waals surface area contributed by atoms with Crippen LogP contribution in [0.5, 0.6) is 0 Å². The lowest BCUT2D eigenvalue weighted by atomic mass is 9.98. The highest BCUT2D eigenvalue weighted by Crippen LogP contribution is 2.31. The van der Waals surface area contributed by atoms with Gasteiger partial charge in [0, 0.05) is 21.7 Å². The Bertz CT molecular complexity index is 617. The third kappa shape index (κ3) is 3.35. The minimum atomic E-state index is -0.0463. The average Bonchev–Trinajstić information content (AvgIpc) is 2.34. The number of hydrogen-bond donors (Lipinski definition) is 1. The maximum Gasteiger partial charge on any atom is 0.221 e. The van der Waals surface area contributed by atoms with Crippen molar-refractivity contribution in [1.29, 1.82) is 0 Å². The smallest absolute Gasteiger partial charge is 0.221 e. The van der Waals surface area contributed by atoms with Gasteiger partial charge in [-0.25, -0.2) is 0 Å². The molecular weight excluding hydrogens is 349 g/mol. The molecule has 0 aliphatic heterocycles. The van der Waals surface area contributed by atoms with Gasteiger partial charge in [-0.2, -0.15) is 0 Å². The fourth-order valence-electron chi connectivity index (χ4n) is 1.98. The summed E-state index contributed by atoms with van der Waals surface area (Å²) in [5.41, 5.74) is 5.46. The van der Waals surface area contributed by atoms with Crippen LogP contribution >= 0.6 is 22.6 Å². The van der Waals surface area contributed by atoms with E-state index in [9.17, 15) is 4.79 Å². The number of halogens is 1. The highest BCUT2D eigenvalue weighted by atomic mass is 127. The number of aryl methyl sites for hydroxylation is 2. The van der Waals surface area contributed by atoms with Crippen LogP contribution < -0.4 is 5.32 Å². The first-order chi connectivity index (χ1) is 8.97. The Hall–Kier alpha value is -1.36. The molecule has 0 fully saturated rings. The van der Waals surface area contributed by atoms with Crippen molar-refractivity contribution >= 4 is 34.2 Å². The Morgan fingerprint density at radius 2 is 1.63 bits per heavy atom. The van der Waals surface area contributed by atoms with Gasteiger partial charge in [-0.3, -0.25) is 4.79 Å². The topological polar surface area (TPSA) is 29.1 Å². The van der Waals surface area contributed by atoms with Crippen LogP contribution in [0.4, 0.5) is 5.69 Å². The minimum absolute atomic E-state index is 0.0463. The van der Waals surface area contributed by atoms with Crippen molar-refractivity contribution in [3.8, 4) is 11.1 Å². The van der Waals surface area contributed by atoms with Crippen molar-refractivity contribution in [1.82, 2.24) is 0 Å². The van der Waals surface area contributed by atoms with Crippen LogP contribution in [-0.4, -0.2) is 5.91 Å². The number of benzene rings is 2. The second-order valence-electron chi connectivity index (χ2n) is 4.67. The number of nitrogens with one attached hydrogen (secondary N) is 1. The fraction of sp³-hybridized carbons (Fsp3) is 0.188. The van der Waals surface area contributed by atoms with Crippen LogP contribution in [-0.2, 0) is 4.79 Å². The summed E-state index contributed by atoms with van der Waals surface area (Å²) < 4.78 is 1.20. The monoisotopic (exact) mass is 365 g/mol. The Morgan fingerprint density at radius 3 is 2.21 bits per heavy atom. The molecule has 0 heterocycles. The summed E-state index contributed by atoms with van der Waals surface area (Å²) in [6, 6.07) is 12.5. The summed E-state index contributed by atoms with van der Waals surface area (Å²) in [6.07, 6.45) is 0. The van der Waals surface area contributed by atoms with Crippen LogP contribution in [0.15, 0.2) is 36.4 Å². The number of hydrogen-bond acceptors (Lipinski definition) is 1. The SMILES string of the molecule is CC(=O)Nc1cc(C)c(C)cc1-c1ccc(I)cc1. The predicted octanol–water partition coefficient (Wildman–Crippen LogP) is 4.53. The van der Waals surface area contributed by atoms with Crippen LogP contribution in [0.1, 0.15) is 18.1 Å². The van der Waals surface area contributed by atoms with Gasteiger partial charge in [-0.1, -0.05) is 12.1 Å². The number of rotatable bonds is 2. The number of anilines is 1. The van der Waals surface area contributed by atoms with E-state index < -0.39 is 0 Å². The van der Waals surface area contributed by atoms with Crippen molar-refractivity contribution in [2.45, 2.75) is 20.8 Å². The van der Waals surface area contributed by atoms with Gasteiger partial charge >= 0.3 is 0 Å². The first kappa shape index (κ1) is 14.1. The molecule has 3 heteroatoms. The highest BCUT2D eigenvalue weighted by molar-refractivity contribution is 14.1. The zero-order valence-electron chi connectivity index (χ0n) is 11.3. The van der Waals surface area contributed by atoms with Crippen LogP contribution in [0.25, 0.3) is 11.1 Å². The number of amides is 1. The summed E-state index contributed by atoms with van der Waals surface area (Å²) in [5, 5.41) is 2.91. The molecule has 0 unspecified atom stereocenters. The standard InChI is InChI=1S/C16H16INO/c1-10-8-15(13-4-6-14(17)7-5-13)16(9-11(10)2)18-12(3)19/h4-9H,1-3H3,(H,18,19). The summed E-state index contributed by atoms with van der Waals surface area (Å²) >= 11 is 2.29. The normalized spacial score (nSPS) is 10.3. The second-order valence-corrected chi connectivity index (χ2v) is 5.92. The van der Waals surface area contributed by atoms with E-state index in [1.165, 1.54) is 21.6 Å². The first-order valence-corrected chi connectivity index (χ1v) is 7.20. The van der Waals surface area contributed by atoms with Gasteiger partial charge in [0.2, 0.25) is 5.91 Å². The molecule has 1 amide bonds. The Morgan fingerprint density at radius 1 is 1.05 bits per heavy atom. The number of carbonyl (C=O) groups excluding carboxylic acids is 1. The van der Waals surface area contributed by atoms with Crippen LogP contribution in [0.3, 0.4) is 0 Å². The summed E-state index contributed by atoms with van der Waals surface area (Å²) in [6.45, 7) is 5.67. The van der Waals surface area contributed by atoms with E-state index in [1.807, 2.05) is 6.07 Å². The minimum Gasteiger partial charge on any atom is -0.326 e. The number of carbonyl (C=O) groups is 1. The molecule has 98 valence electrons. The predicted molar refractivity (Wildman–Crippen MR) is 88.4 cm³/mol. The fourth-order valence-corrected chi connectivity index (χ4v) is 2.34. The molecule has 0 saturated heterocycles. The molecule has 19 heavy (non-hydrogen) atoms. The largest absolute Gasteiger partial charge is 0.326 e. The Kier molecular flexibility index (Phi) is 4.24. The maximum absolute atomic E-state index is 11.3. The summed E-state index contributed by atoms with van der Waals surface area (Å²) in [5.74, 6) is -0.0463. The zero-order chi connectivity index (χ0) is 14.0. The van der Waals surface area contributed by atoms with Crippen molar-refractivity contribution in [3.63, 3.8) is 0 Å². The lowest BCUT2D eigenvalue weighted by Crippen LogP contribution is -2.07. The van der Waals surface area contributed by atoms with Gasteiger partial charge in [-0.15, -0.1) is 0 Å². The molecule has 0 aliphatic rings. The lowest BCUT2D eigenvalue weighted by Gasteiger charge is -2.13. The molecule has 0 saturated carbocycles. The molecule has 2 aromatic rings. The molecule has 0 aromatic heterocycles. The van der Waals surface area contributed by atoms with Crippen molar-refractivity contribution < 1.29 is 4.79 Å². The molecule has 0 aliphatic carbocycles. The van der Waals surface area contributed by atoms with Crippen LogP contribution in [0, 0.1) is 17.4 Å². The highest BCUT2D eigenvalue weighted by Gasteiger charge is 2.09. The molecule has 2 aromatic carbocycles. The molecular formula is C16H16INO. The summed E-state index contributed by atoms with van der Waals surface area (Å²) in [4.78, 5) is 11.3. The van der Waals surface area contributed by atoms with E-state index in [0.29, 0.717) is 0 Å². The lowest BCUT2D eigenvalue weighted by molar-refractivity contribution is -0.114. The van der Waals surface area contributed by atoms with E-state index in [0.717, 1.165) is 16.8 Å². The van der Waals surface area contributed by atoms with Gasteiger partial charge in [0.25, 0.3) is 0 Å². The van der Waals surface area contributed by atoms with Crippen molar-refractivity contribution in [2.75, 3.05) is 5.32 Å². The Labute approximate surface area is 127 Å². The molecule has 0 radical (unpaired) electrons. The molecule has 2 nitrogen and oxygen atoms in total. The quantitative estimate of drug-likeness (QED) is 0.779. The van der Waals surface area contributed by atoms with Crippen LogP contribution in [0.2, 0.25) is 0 Å². The molecule has 2 rings (SSSR count). The van der Waals surface area contributed by atoms with E-state index in [1.54, 1.807) is 0 Å².